The van der Waals surface area contributed by atoms with Gasteiger partial charge in [0.1, 0.15) is 11.7 Å². The summed E-state index contributed by atoms with van der Waals surface area (Å²) < 4.78 is 26.1. The van der Waals surface area contributed by atoms with Gasteiger partial charge in [0, 0.05) is 26.4 Å². The first-order chi connectivity index (χ1) is 18.5. The number of hydrogen-bond donors (Lipinski definition) is 0. The van der Waals surface area contributed by atoms with Gasteiger partial charge in [0.2, 0.25) is 5.79 Å². The Kier molecular flexibility index (Phi) is 8.66. The molecule has 0 saturated carbocycles. The quantitative estimate of drug-likeness (QED) is 0.256. The first-order valence-electron chi connectivity index (χ1n) is 13.9. The van der Waals surface area contributed by atoms with Gasteiger partial charge in [-0.15, -0.1) is 0 Å². The number of hydrogen-bond acceptors (Lipinski definition) is 7. The Balaban J connectivity index is 1.76. The Hall–Kier alpha value is -2.97. The van der Waals surface area contributed by atoms with Crippen molar-refractivity contribution >= 4 is 18.0 Å². The molecule has 212 valence electrons. The lowest BCUT2D eigenvalue weighted by atomic mass is 9.65. The number of imidazole rings is 1. The lowest BCUT2D eigenvalue weighted by Gasteiger charge is -2.41. The number of allylic oxidation sites excluding steroid dienone is 3. The molecule has 0 aromatic carbocycles. The second kappa shape index (κ2) is 11.6. The molecule has 0 saturated heterocycles. The van der Waals surface area contributed by atoms with Crippen LogP contribution in [-0.2, 0) is 35.6 Å². The van der Waals surface area contributed by atoms with Gasteiger partial charge >= 0.3 is 11.9 Å². The van der Waals surface area contributed by atoms with Gasteiger partial charge in [-0.1, -0.05) is 38.5 Å². The van der Waals surface area contributed by atoms with E-state index in [-0.39, 0.29) is 17.8 Å². The van der Waals surface area contributed by atoms with E-state index in [0.717, 1.165) is 6.42 Å². The average Bonchev–Trinajstić information content (AvgIpc) is 3.49. The molecule has 2 bridgehead atoms. The Labute approximate surface area is 231 Å². The van der Waals surface area contributed by atoms with Crippen molar-refractivity contribution in [1.29, 1.82) is 0 Å². The highest BCUT2D eigenvalue weighted by Crippen LogP contribution is 2.49. The monoisotopic (exact) mass is 538 g/mol. The van der Waals surface area contributed by atoms with Gasteiger partial charge in [0.25, 0.3) is 0 Å². The van der Waals surface area contributed by atoms with E-state index in [1.54, 1.807) is 18.5 Å². The summed E-state index contributed by atoms with van der Waals surface area (Å²) in [6, 6.07) is 0. The van der Waals surface area contributed by atoms with E-state index in [1.165, 1.54) is 18.8 Å². The van der Waals surface area contributed by atoms with Gasteiger partial charge in [0.15, 0.2) is 0 Å². The number of aryl methyl sites for hydroxylation is 1. The van der Waals surface area contributed by atoms with Gasteiger partial charge in [0.05, 0.1) is 24.2 Å². The zero-order valence-electron chi connectivity index (χ0n) is 24.2. The average molecular weight is 539 g/mol. The smallest absolute Gasteiger partial charge is 0.339 e. The molecule has 0 amide bonds. The van der Waals surface area contributed by atoms with Crippen LogP contribution in [0.4, 0.5) is 0 Å². The Morgan fingerprint density at radius 1 is 1.31 bits per heavy atom. The van der Waals surface area contributed by atoms with Crippen LogP contribution >= 0.6 is 0 Å². The number of rotatable bonds is 8. The molecule has 8 nitrogen and oxygen atoms in total. The summed E-state index contributed by atoms with van der Waals surface area (Å²) >= 11 is 0. The number of esters is 2. The van der Waals surface area contributed by atoms with Gasteiger partial charge in [-0.3, -0.25) is 0 Å². The zero-order valence-corrected chi connectivity index (χ0v) is 24.2. The van der Waals surface area contributed by atoms with Gasteiger partial charge in [-0.05, 0) is 75.0 Å². The molecule has 3 aliphatic rings. The third-order valence-electron chi connectivity index (χ3n) is 8.29. The molecular weight excluding hydrogens is 496 g/mol. The van der Waals surface area contributed by atoms with Crippen molar-refractivity contribution in [1.82, 2.24) is 9.55 Å². The Morgan fingerprint density at radius 2 is 2.08 bits per heavy atom. The summed E-state index contributed by atoms with van der Waals surface area (Å²) in [6.45, 7) is 10.7. The van der Waals surface area contributed by atoms with Crippen molar-refractivity contribution in [2.75, 3.05) is 13.7 Å². The molecule has 4 rings (SSSR count). The van der Waals surface area contributed by atoms with Crippen molar-refractivity contribution in [2.24, 2.45) is 30.7 Å². The highest BCUT2D eigenvalue weighted by atomic mass is 16.7. The number of fused-ring (bicyclic) bond motifs is 3. The largest absolute Gasteiger partial charge is 0.462 e. The first-order valence-corrected chi connectivity index (χ1v) is 13.9. The molecule has 6 atom stereocenters. The van der Waals surface area contributed by atoms with Gasteiger partial charge in [-0.2, -0.15) is 0 Å². The Bertz CT molecular complexity index is 1190. The third-order valence-corrected chi connectivity index (χ3v) is 8.29. The molecule has 0 N–H and O–H groups in total. The predicted molar refractivity (Wildman–Crippen MR) is 148 cm³/mol. The maximum atomic E-state index is 13.5. The molecule has 1 aromatic heterocycles. The molecule has 2 aliphatic heterocycles. The van der Waals surface area contributed by atoms with E-state index in [9.17, 15) is 9.59 Å². The second-order valence-corrected chi connectivity index (χ2v) is 11.4. The van der Waals surface area contributed by atoms with Crippen LogP contribution in [0.5, 0.6) is 0 Å². The molecule has 0 unspecified atom stereocenters. The fourth-order valence-electron chi connectivity index (χ4n) is 6.01. The summed E-state index contributed by atoms with van der Waals surface area (Å²) in [4.78, 5) is 30.8. The number of aromatic nitrogens is 2. The summed E-state index contributed by atoms with van der Waals surface area (Å²) in [5, 5.41) is 0. The highest BCUT2D eigenvalue weighted by Gasteiger charge is 2.55. The Morgan fingerprint density at radius 3 is 2.72 bits per heavy atom. The van der Waals surface area contributed by atoms with E-state index in [0.29, 0.717) is 36.6 Å². The van der Waals surface area contributed by atoms with Crippen LogP contribution in [0.15, 0.2) is 54.1 Å². The van der Waals surface area contributed by atoms with Crippen LogP contribution in [0, 0.1) is 23.7 Å². The number of carbonyl (C=O) groups is 2. The van der Waals surface area contributed by atoms with Crippen molar-refractivity contribution in [3.8, 4) is 0 Å². The SMILES string of the molecule is CCCOC(=O)C1=C[C@@H]2[C@@H](C(C)C)CC=C(C)[C@@H]2C[C@H](OC(=O)/C=C/c2cn(C)cn2)[C@]2(C)C=C[C@@]1(OC)O2. The van der Waals surface area contributed by atoms with Crippen molar-refractivity contribution in [3.63, 3.8) is 0 Å². The molecule has 8 heteroatoms. The first kappa shape index (κ1) is 29.0. The van der Waals surface area contributed by atoms with Crippen molar-refractivity contribution < 1.29 is 28.5 Å². The topological polar surface area (TPSA) is 88.9 Å². The summed E-state index contributed by atoms with van der Waals surface area (Å²) in [6.07, 6.45) is 16.0. The number of carbonyl (C=O) groups excluding carboxylic acids is 2. The summed E-state index contributed by atoms with van der Waals surface area (Å²) in [5.74, 6) is -1.67. The summed E-state index contributed by atoms with van der Waals surface area (Å²) in [5.41, 5.74) is 1.19. The van der Waals surface area contributed by atoms with Crippen LogP contribution in [-0.4, -0.2) is 52.7 Å². The lowest BCUT2D eigenvalue weighted by molar-refractivity contribution is -0.227. The van der Waals surface area contributed by atoms with E-state index >= 15 is 0 Å². The molecule has 39 heavy (non-hydrogen) atoms. The van der Waals surface area contributed by atoms with Gasteiger partial charge < -0.3 is 23.5 Å². The van der Waals surface area contributed by atoms with Crippen LogP contribution in [0.25, 0.3) is 6.08 Å². The van der Waals surface area contributed by atoms with Crippen LogP contribution in [0.3, 0.4) is 0 Å². The van der Waals surface area contributed by atoms with E-state index in [2.05, 4.69) is 31.8 Å². The maximum absolute atomic E-state index is 13.5. The molecule has 0 fully saturated rings. The van der Waals surface area contributed by atoms with Crippen LogP contribution in [0.1, 0.15) is 59.6 Å². The minimum absolute atomic E-state index is 0.0106. The number of nitrogens with zero attached hydrogens (tertiary/aromatic N) is 2. The zero-order chi connectivity index (χ0) is 28.4. The minimum atomic E-state index is -1.44. The van der Waals surface area contributed by atoms with Gasteiger partial charge in [-0.25, -0.2) is 14.6 Å². The lowest BCUT2D eigenvalue weighted by Crippen LogP contribution is -2.48. The second-order valence-electron chi connectivity index (χ2n) is 11.4. The fourth-order valence-corrected chi connectivity index (χ4v) is 6.01. The molecule has 0 radical (unpaired) electrons. The van der Waals surface area contributed by atoms with Crippen molar-refractivity contribution in [3.05, 3.63) is 59.7 Å². The third kappa shape index (κ3) is 5.97. The molecule has 3 heterocycles. The standard InChI is InChI=1S/C31H42N2O6/c1-8-15-37-29(35)26-16-25-23(20(2)3)11-9-21(4)24(25)17-27(30(5)13-14-31(26,36-7)39-30)38-28(34)12-10-22-18-33(6)19-32-22/h9-10,12-14,16,18-20,23-25,27H,8,11,15,17H2,1-7H3/b12-10+,26-16?/t23-,24+,25-,27+,30+,31-/m1/s1. The molecular formula is C31H42N2O6. The predicted octanol–water partition coefficient (Wildman–Crippen LogP) is 5.17. The van der Waals surface area contributed by atoms with Crippen LogP contribution < -0.4 is 0 Å². The minimum Gasteiger partial charge on any atom is -0.462 e. The number of methoxy groups -OCH3 is 1. The number of ether oxygens (including phenoxy) is 4. The van der Waals surface area contributed by atoms with E-state index in [1.807, 2.05) is 43.8 Å². The fraction of sp³-hybridized carbons (Fsp3) is 0.581. The van der Waals surface area contributed by atoms with E-state index < -0.39 is 29.4 Å². The molecule has 1 aliphatic carbocycles. The molecule has 0 spiro atoms. The summed E-state index contributed by atoms with van der Waals surface area (Å²) in [7, 11) is 3.39. The van der Waals surface area contributed by atoms with E-state index in [4.69, 9.17) is 18.9 Å². The highest BCUT2D eigenvalue weighted by molar-refractivity contribution is 5.91. The van der Waals surface area contributed by atoms with Crippen molar-refractivity contribution in [2.45, 2.75) is 71.4 Å². The van der Waals surface area contributed by atoms with Crippen LogP contribution in [0.2, 0.25) is 0 Å². The normalized spacial score (nSPS) is 32.2. The maximum Gasteiger partial charge on any atom is 0.339 e. The molecule has 1 aromatic rings.